The molecule has 0 saturated heterocycles. The second-order valence-corrected chi connectivity index (χ2v) is 11.3. The first-order valence-corrected chi connectivity index (χ1v) is 14.1. The highest BCUT2D eigenvalue weighted by molar-refractivity contribution is 7.91. The van der Waals surface area contributed by atoms with Crippen molar-refractivity contribution in [2.45, 2.75) is 30.6 Å². The van der Waals surface area contributed by atoms with Gasteiger partial charge in [0.25, 0.3) is 5.91 Å². The van der Waals surface area contributed by atoms with Crippen molar-refractivity contribution in [2.75, 3.05) is 30.4 Å². The van der Waals surface area contributed by atoms with Crippen LogP contribution in [0.5, 0.6) is 11.5 Å². The first-order valence-electron chi connectivity index (χ1n) is 12.0. The van der Waals surface area contributed by atoms with Crippen molar-refractivity contribution >= 4 is 38.8 Å². The topological polar surface area (TPSA) is 121 Å². The van der Waals surface area contributed by atoms with E-state index in [1.807, 2.05) is 0 Å². The third kappa shape index (κ3) is 8.05. The molecule has 0 fully saturated rings. The highest BCUT2D eigenvalue weighted by atomic mass is 35.5. The fourth-order valence-electron chi connectivity index (χ4n) is 3.96. The Balaban J connectivity index is 1.67. The molecule has 0 aliphatic heterocycles. The molecule has 0 bridgehead atoms. The second-order valence-electron chi connectivity index (χ2n) is 8.72. The summed E-state index contributed by atoms with van der Waals surface area (Å²) >= 11 is 5.85. The molecule has 0 spiro atoms. The molecule has 3 aromatic rings. The zero-order valence-electron chi connectivity index (χ0n) is 20.9. The van der Waals surface area contributed by atoms with Gasteiger partial charge in [-0.05, 0) is 86.0 Å². The number of aromatic hydroxyl groups is 1. The van der Waals surface area contributed by atoms with E-state index < -0.39 is 21.7 Å². The Morgan fingerprint density at radius 1 is 0.974 bits per heavy atom. The van der Waals surface area contributed by atoms with Crippen LogP contribution in [-0.4, -0.2) is 55.8 Å². The lowest BCUT2D eigenvalue weighted by molar-refractivity contribution is -0.120. The van der Waals surface area contributed by atoms with Gasteiger partial charge in [-0.2, -0.15) is 0 Å². The molecule has 10 heteroatoms. The largest absolute Gasteiger partial charge is 0.508 e. The van der Waals surface area contributed by atoms with Gasteiger partial charge in [0.15, 0.2) is 16.4 Å². The number of nitrogens with zero attached hydrogens (tertiary/aromatic N) is 1. The number of aliphatic hydroxyl groups excluding tert-OH is 1. The number of rotatable bonds is 13. The second kappa shape index (κ2) is 13.4. The minimum Gasteiger partial charge on any atom is -0.508 e. The number of benzene rings is 3. The van der Waals surface area contributed by atoms with Crippen molar-refractivity contribution in [1.82, 2.24) is 0 Å². The Hall–Kier alpha value is -3.40. The van der Waals surface area contributed by atoms with Crippen LogP contribution >= 0.6 is 11.6 Å². The number of phenolic OH excluding ortho intramolecular Hbond substituents is 1. The average Bonchev–Trinajstić information content (AvgIpc) is 2.89. The van der Waals surface area contributed by atoms with Crippen molar-refractivity contribution in [2.24, 2.45) is 0 Å². The molecule has 0 saturated carbocycles. The normalized spacial score (nSPS) is 12.1. The quantitative estimate of drug-likeness (QED) is 0.319. The number of carbonyl (C=O) groups excluding carboxylic acids is 2. The van der Waals surface area contributed by atoms with Crippen molar-refractivity contribution in [3.05, 3.63) is 83.4 Å². The predicted octanol–water partition coefficient (Wildman–Crippen LogP) is 4.38. The van der Waals surface area contributed by atoms with Crippen LogP contribution in [0.25, 0.3) is 0 Å². The average molecular weight is 560 g/mol. The highest BCUT2D eigenvalue weighted by Gasteiger charge is 2.20. The van der Waals surface area contributed by atoms with Gasteiger partial charge in [-0.25, -0.2) is 8.42 Å². The van der Waals surface area contributed by atoms with E-state index in [1.165, 1.54) is 48.2 Å². The van der Waals surface area contributed by atoms with Gasteiger partial charge in [-0.1, -0.05) is 23.7 Å². The first-order chi connectivity index (χ1) is 18.1. The van der Waals surface area contributed by atoms with Crippen LogP contribution in [-0.2, 0) is 19.4 Å². The predicted molar refractivity (Wildman–Crippen MR) is 146 cm³/mol. The molecular weight excluding hydrogens is 530 g/mol. The Bertz CT molecular complexity index is 1330. The number of ether oxygens (including phenoxy) is 1. The van der Waals surface area contributed by atoms with Gasteiger partial charge in [-0.15, -0.1) is 0 Å². The number of phenols is 1. The molecule has 3 rings (SSSR count). The lowest BCUT2D eigenvalue weighted by Gasteiger charge is -2.23. The summed E-state index contributed by atoms with van der Waals surface area (Å²) in [7, 11) is -3.57. The molecule has 1 unspecified atom stereocenters. The number of carbonyl (C=O) groups is 2. The SMILES string of the molecule is CC(=O)C(CCO)c1ccc(OCC(=O)N(CCCS(=O)(=O)c2ccc(Cl)cc2)c2ccc(O)cc2)cc1. The lowest BCUT2D eigenvalue weighted by Crippen LogP contribution is -2.36. The lowest BCUT2D eigenvalue weighted by atomic mass is 9.92. The summed E-state index contributed by atoms with van der Waals surface area (Å²) in [5.74, 6) is -0.581. The first kappa shape index (κ1) is 29.2. The van der Waals surface area contributed by atoms with E-state index in [1.54, 1.807) is 36.4 Å². The fourth-order valence-corrected chi connectivity index (χ4v) is 5.38. The maximum Gasteiger partial charge on any atom is 0.264 e. The molecule has 0 aromatic heterocycles. The van der Waals surface area contributed by atoms with Crippen LogP contribution in [0.1, 0.15) is 31.2 Å². The zero-order valence-corrected chi connectivity index (χ0v) is 22.5. The van der Waals surface area contributed by atoms with Crippen LogP contribution in [0.3, 0.4) is 0 Å². The number of aliphatic hydroxyl groups is 1. The minimum atomic E-state index is -3.57. The third-order valence-electron chi connectivity index (χ3n) is 5.98. The molecule has 1 amide bonds. The van der Waals surface area contributed by atoms with E-state index in [9.17, 15) is 28.2 Å². The summed E-state index contributed by atoms with van der Waals surface area (Å²) in [6.45, 7) is 1.17. The van der Waals surface area contributed by atoms with Crippen LogP contribution < -0.4 is 9.64 Å². The highest BCUT2D eigenvalue weighted by Crippen LogP contribution is 2.24. The smallest absolute Gasteiger partial charge is 0.264 e. The van der Waals surface area contributed by atoms with Gasteiger partial charge in [0.2, 0.25) is 0 Å². The molecule has 0 aliphatic carbocycles. The van der Waals surface area contributed by atoms with Gasteiger partial charge in [0, 0.05) is 29.8 Å². The van der Waals surface area contributed by atoms with Crippen LogP contribution in [0.4, 0.5) is 5.69 Å². The van der Waals surface area contributed by atoms with E-state index in [2.05, 4.69) is 0 Å². The number of anilines is 1. The standard InChI is InChI=1S/C28H30ClNO7S/c1-20(32)27(15-17-31)21-3-11-25(12-4-21)37-19-28(34)30(23-7-9-24(33)10-8-23)16-2-18-38(35,36)26-13-5-22(29)6-14-26/h3-14,27,31,33H,2,15-19H2,1H3. The summed E-state index contributed by atoms with van der Waals surface area (Å²) < 4.78 is 31.1. The number of amides is 1. The maximum atomic E-state index is 13.1. The van der Waals surface area contributed by atoms with Crippen molar-refractivity contribution in [1.29, 1.82) is 0 Å². The summed E-state index contributed by atoms with van der Waals surface area (Å²) in [5, 5.41) is 19.3. The molecular formula is C28H30ClNO7S. The molecule has 0 heterocycles. The van der Waals surface area contributed by atoms with Crippen molar-refractivity contribution < 1.29 is 33.0 Å². The van der Waals surface area contributed by atoms with E-state index >= 15 is 0 Å². The Kier molecular flexibility index (Phi) is 10.3. The molecule has 8 nitrogen and oxygen atoms in total. The van der Waals surface area contributed by atoms with Crippen molar-refractivity contribution in [3.63, 3.8) is 0 Å². The minimum absolute atomic E-state index is 0.0351. The number of hydrogen-bond donors (Lipinski definition) is 2. The summed E-state index contributed by atoms with van der Waals surface area (Å²) in [6.07, 6.45) is 0.493. The number of sulfone groups is 1. The summed E-state index contributed by atoms with van der Waals surface area (Å²) in [6, 6.07) is 18.7. The zero-order chi connectivity index (χ0) is 27.7. The Morgan fingerprint density at radius 3 is 2.18 bits per heavy atom. The number of hydrogen-bond acceptors (Lipinski definition) is 7. The van der Waals surface area contributed by atoms with Crippen molar-refractivity contribution in [3.8, 4) is 11.5 Å². The summed E-state index contributed by atoms with van der Waals surface area (Å²) in [4.78, 5) is 26.5. The molecule has 1 atom stereocenters. The molecule has 2 N–H and O–H groups in total. The van der Waals surface area contributed by atoms with E-state index in [0.717, 1.165) is 5.56 Å². The van der Waals surface area contributed by atoms with E-state index in [-0.39, 0.29) is 48.4 Å². The number of halogens is 1. The van der Waals surface area contributed by atoms with Gasteiger partial charge in [0.05, 0.1) is 10.6 Å². The van der Waals surface area contributed by atoms with Gasteiger partial charge < -0.3 is 19.8 Å². The van der Waals surface area contributed by atoms with Crippen LogP contribution in [0, 0.1) is 0 Å². The number of Topliss-reactive ketones (excluding diaryl/α,β-unsaturated/α-hetero) is 1. The molecule has 3 aromatic carbocycles. The van der Waals surface area contributed by atoms with E-state index in [4.69, 9.17) is 16.3 Å². The monoisotopic (exact) mass is 559 g/mol. The van der Waals surface area contributed by atoms with E-state index in [0.29, 0.717) is 22.9 Å². The van der Waals surface area contributed by atoms with Gasteiger partial charge in [0.1, 0.15) is 17.3 Å². The molecule has 0 aliphatic rings. The van der Waals surface area contributed by atoms with Crippen LogP contribution in [0.2, 0.25) is 5.02 Å². The molecule has 38 heavy (non-hydrogen) atoms. The Morgan fingerprint density at radius 2 is 1.61 bits per heavy atom. The summed E-state index contributed by atoms with van der Waals surface area (Å²) in [5.41, 5.74) is 1.24. The Labute approximate surface area is 227 Å². The molecule has 202 valence electrons. The number of ketones is 1. The fraction of sp³-hybridized carbons (Fsp3) is 0.286. The third-order valence-corrected chi connectivity index (χ3v) is 8.05. The maximum absolute atomic E-state index is 13.1. The molecule has 0 radical (unpaired) electrons. The van der Waals surface area contributed by atoms with Gasteiger partial charge in [-0.3, -0.25) is 9.59 Å². The van der Waals surface area contributed by atoms with Gasteiger partial charge >= 0.3 is 0 Å². The van der Waals surface area contributed by atoms with Crippen LogP contribution in [0.15, 0.2) is 77.7 Å².